The van der Waals surface area contributed by atoms with E-state index < -0.39 is 23.2 Å². The first-order chi connectivity index (χ1) is 16.4. The van der Waals surface area contributed by atoms with Gasteiger partial charge < -0.3 is 18.7 Å². The van der Waals surface area contributed by atoms with Gasteiger partial charge in [-0.25, -0.2) is 4.79 Å². The molecule has 0 radical (unpaired) electrons. The Morgan fingerprint density at radius 1 is 1.11 bits per heavy atom. The minimum absolute atomic E-state index is 0.237. The fraction of sp³-hybridized carbons (Fsp3) is 0.731. The number of likely N-dealkylation sites (N-methyl/N-ethyl adjacent to an activating group) is 1. The molecule has 1 aromatic carbocycles. The zero-order valence-electron chi connectivity index (χ0n) is 21.9. The fourth-order valence-electron chi connectivity index (χ4n) is 4.67. The van der Waals surface area contributed by atoms with E-state index >= 15 is 0 Å². The largest absolute Gasteiger partial charge is 0.479 e. The topological polar surface area (TPSA) is 42.0 Å². The first-order valence-corrected chi connectivity index (χ1v) is 13.4. The van der Waals surface area contributed by atoms with Crippen molar-refractivity contribution >= 4 is 18.1 Å². The number of fused-ring (bicyclic) bond motifs is 1. The molecular formula is C26H41F3N2O3S. The van der Waals surface area contributed by atoms with E-state index in [2.05, 4.69) is 11.8 Å². The number of alkyl halides is 3. The smallest absolute Gasteiger partial charge is 0.444 e. The summed E-state index contributed by atoms with van der Waals surface area (Å²) in [7, 11) is 0. The molecule has 1 aliphatic heterocycles. The van der Waals surface area contributed by atoms with Crippen molar-refractivity contribution in [3.8, 4) is 5.75 Å². The van der Waals surface area contributed by atoms with E-state index in [1.54, 1.807) is 17.0 Å². The normalized spacial score (nSPS) is 19.0. The monoisotopic (exact) mass is 518 g/mol. The van der Waals surface area contributed by atoms with Crippen LogP contribution in [-0.2, 0) is 17.6 Å². The van der Waals surface area contributed by atoms with Crippen molar-refractivity contribution in [2.45, 2.75) is 90.8 Å². The quantitative estimate of drug-likeness (QED) is 0.376. The lowest BCUT2D eigenvalue weighted by atomic mass is 9.86. The number of likely N-dealkylation sites (tertiary alicyclic amines) is 1. The minimum Gasteiger partial charge on any atom is -0.444 e. The number of rotatable bonds is 6. The number of hydrogen-bond acceptors (Lipinski definition) is 5. The number of nitrogens with zero attached hydrogens (tertiary/aromatic N) is 2. The van der Waals surface area contributed by atoms with Gasteiger partial charge in [-0.2, -0.15) is 13.2 Å². The lowest BCUT2D eigenvalue weighted by molar-refractivity contribution is -0.0369. The van der Waals surface area contributed by atoms with E-state index in [0.717, 1.165) is 50.8 Å². The molecule has 0 aromatic heterocycles. The first kappa shape index (κ1) is 29.6. The summed E-state index contributed by atoms with van der Waals surface area (Å²) < 4.78 is 47.7. The molecule has 200 valence electrons. The molecule has 0 saturated carbocycles. The molecule has 1 amide bonds. The highest BCUT2D eigenvalue weighted by Crippen LogP contribution is 2.35. The second-order valence-electron chi connectivity index (χ2n) is 9.94. The van der Waals surface area contributed by atoms with Gasteiger partial charge in [0, 0.05) is 25.7 Å². The summed E-state index contributed by atoms with van der Waals surface area (Å²) in [5.41, 5.74) is -2.64. The third-order valence-corrected chi connectivity index (χ3v) is 6.76. The predicted octanol–water partition coefficient (Wildman–Crippen LogP) is 7.09. The SMILES string of the molecule is CC.CCN(CC1CCN(C(=O)OC(C)(C)C)CC1)C1CCc2ccc(OSC(F)(F)F)cc2C1. The van der Waals surface area contributed by atoms with Gasteiger partial charge in [0.05, 0.1) is 0 Å². The van der Waals surface area contributed by atoms with Crippen LogP contribution in [0.15, 0.2) is 18.2 Å². The van der Waals surface area contributed by atoms with Gasteiger partial charge in [-0.05, 0) is 88.6 Å². The maximum atomic E-state index is 12.5. The lowest BCUT2D eigenvalue weighted by Gasteiger charge is -2.39. The molecule has 1 aliphatic carbocycles. The van der Waals surface area contributed by atoms with E-state index in [1.165, 1.54) is 5.56 Å². The molecule has 1 unspecified atom stereocenters. The number of aryl methyl sites for hydroxylation is 1. The van der Waals surface area contributed by atoms with Crippen molar-refractivity contribution in [1.82, 2.24) is 9.80 Å². The molecule has 1 saturated heterocycles. The van der Waals surface area contributed by atoms with Crippen molar-refractivity contribution in [2.24, 2.45) is 5.92 Å². The fourth-order valence-corrected chi connectivity index (χ4v) is 4.96. The van der Waals surface area contributed by atoms with Gasteiger partial charge >= 0.3 is 11.6 Å². The molecule has 35 heavy (non-hydrogen) atoms. The summed E-state index contributed by atoms with van der Waals surface area (Å²) in [6.07, 6.45) is 4.43. The van der Waals surface area contributed by atoms with Crippen molar-refractivity contribution in [3.63, 3.8) is 0 Å². The van der Waals surface area contributed by atoms with E-state index in [1.807, 2.05) is 40.7 Å². The third-order valence-electron chi connectivity index (χ3n) is 6.29. The highest BCUT2D eigenvalue weighted by molar-refractivity contribution is 7.95. The van der Waals surface area contributed by atoms with Crippen molar-refractivity contribution in [3.05, 3.63) is 29.3 Å². The van der Waals surface area contributed by atoms with Crippen LogP contribution >= 0.6 is 12.0 Å². The standard InChI is InChI=1S/C24H35F3N2O3S.C2H6/c1-5-28(16-17-10-12-29(13-11-17)22(30)31-23(2,3)4)20-8-6-18-7-9-21(15-19(18)14-20)32-33-24(25,26)27;1-2/h7,9,15,17,20H,5-6,8,10-14,16H2,1-4H3;1-2H3. The number of benzene rings is 1. The van der Waals surface area contributed by atoms with E-state index in [4.69, 9.17) is 8.92 Å². The summed E-state index contributed by atoms with van der Waals surface area (Å²) >= 11 is -0.470. The van der Waals surface area contributed by atoms with Crippen molar-refractivity contribution in [2.75, 3.05) is 26.2 Å². The molecule has 1 heterocycles. The Morgan fingerprint density at radius 3 is 2.34 bits per heavy atom. The number of halogens is 3. The Labute approximate surface area is 212 Å². The maximum absolute atomic E-state index is 12.5. The Bertz CT molecular complexity index is 806. The average Bonchev–Trinajstić information content (AvgIpc) is 2.81. The molecule has 1 aromatic rings. The minimum atomic E-state index is -4.42. The molecule has 0 bridgehead atoms. The van der Waals surface area contributed by atoms with Gasteiger partial charge in [0.15, 0.2) is 12.0 Å². The summed E-state index contributed by atoms with van der Waals surface area (Å²) in [5, 5.41) is 0. The Morgan fingerprint density at radius 2 is 1.77 bits per heavy atom. The van der Waals surface area contributed by atoms with Crippen LogP contribution in [0.5, 0.6) is 5.75 Å². The number of carbonyl (C=O) groups excluding carboxylic acids is 1. The first-order valence-electron chi connectivity index (χ1n) is 12.7. The summed E-state index contributed by atoms with van der Waals surface area (Å²) in [6, 6.07) is 5.62. The lowest BCUT2D eigenvalue weighted by Crippen LogP contribution is -2.46. The highest BCUT2D eigenvalue weighted by atomic mass is 32.2. The van der Waals surface area contributed by atoms with E-state index in [9.17, 15) is 18.0 Å². The molecule has 1 fully saturated rings. The predicted molar refractivity (Wildman–Crippen MR) is 136 cm³/mol. The van der Waals surface area contributed by atoms with Gasteiger partial charge in [0.1, 0.15) is 11.4 Å². The number of carbonyl (C=O) groups is 1. The molecule has 0 N–H and O–H groups in total. The van der Waals surface area contributed by atoms with E-state index in [0.29, 0.717) is 25.0 Å². The van der Waals surface area contributed by atoms with Crippen LogP contribution in [0.4, 0.5) is 18.0 Å². The van der Waals surface area contributed by atoms with Gasteiger partial charge in [0.25, 0.3) is 0 Å². The van der Waals surface area contributed by atoms with Crippen LogP contribution in [0.25, 0.3) is 0 Å². The second-order valence-corrected chi connectivity index (χ2v) is 10.7. The summed E-state index contributed by atoms with van der Waals surface area (Å²) in [5.74, 6) is 0.761. The summed E-state index contributed by atoms with van der Waals surface area (Å²) in [6.45, 7) is 15.1. The second kappa shape index (κ2) is 13.1. The van der Waals surface area contributed by atoms with E-state index in [-0.39, 0.29) is 11.8 Å². The number of ether oxygens (including phenoxy) is 1. The third kappa shape index (κ3) is 9.75. The zero-order valence-corrected chi connectivity index (χ0v) is 22.7. The highest BCUT2D eigenvalue weighted by Gasteiger charge is 2.32. The van der Waals surface area contributed by atoms with Crippen LogP contribution in [0, 0.1) is 5.92 Å². The van der Waals surface area contributed by atoms with Crippen LogP contribution < -0.4 is 4.18 Å². The Kier molecular flexibility index (Phi) is 11.1. The van der Waals surface area contributed by atoms with Crippen LogP contribution in [0.1, 0.15) is 71.9 Å². The molecule has 2 aliphatic rings. The van der Waals surface area contributed by atoms with Crippen LogP contribution in [0.3, 0.4) is 0 Å². The van der Waals surface area contributed by atoms with Crippen LogP contribution in [-0.4, -0.2) is 59.2 Å². The average molecular weight is 519 g/mol. The molecule has 1 atom stereocenters. The van der Waals surface area contributed by atoms with Gasteiger partial charge in [-0.3, -0.25) is 0 Å². The zero-order chi connectivity index (χ0) is 26.2. The number of hydrogen-bond donors (Lipinski definition) is 0. The van der Waals surface area contributed by atoms with Gasteiger partial charge in [0.2, 0.25) is 0 Å². The van der Waals surface area contributed by atoms with Gasteiger partial charge in [-0.15, -0.1) is 0 Å². The molecule has 3 rings (SSSR count). The van der Waals surface area contributed by atoms with Crippen molar-refractivity contribution < 1.29 is 26.9 Å². The number of piperidine rings is 1. The number of amides is 1. The van der Waals surface area contributed by atoms with Crippen LogP contribution in [0.2, 0.25) is 0 Å². The molecule has 9 heteroatoms. The maximum Gasteiger partial charge on any atom is 0.479 e. The molecule has 0 spiro atoms. The Balaban J connectivity index is 0.00000210. The Hall–Kier alpha value is -1.61. The van der Waals surface area contributed by atoms with Crippen molar-refractivity contribution in [1.29, 1.82) is 0 Å². The molecule has 5 nitrogen and oxygen atoms in total. The van der Waals surface area contributed by atoms with Gasteiger partial charge in [-0.1, -0.05) is 26.8 Å². The molecular weight excluding hydrogens is 477 g/mol. The summed E-state index contributed by atoms with van der Waals surface area (Å²) in [4.78, 5) is 16.6.